The summed E-state index contributed by atoms with van der Waals surface area (Å²) in [6, 6.07) is 0. The molecule has 0 aliphatic carbocycles. The van der Waals surface area contributed by atoms with Crippen molar-refractivity contribution < 1.29 is 71.6 Å². The number of hydrogen-bond acceptors (Lipinski definition) is 9. The molecule has 0 aliphatic heterocycles. The fourth-order valence-electron chi connectivity index (χ4n) is 1.32. The highest BCUT2D eigenvalue weighted by molar-refractivity contribution is 7.47. The van der Waals surface area contributed by atoms with Crippen molar-refractivity contribution in [3.63, 3.8) is 0 Å². The lowest BCUT2D eigenvalue weighted by Crippen LogP contribution is -2.48. The first-order valence-corrected chi connectivity index (χ1v) is 10.1. The van der Waals surface area contributed by atoms with E-state index in [4.69, 9.17) is 29.4 Å². The molecule has 144 valence electrons. The predicted molar refractivity (Wildman–Crippen MR) is 69.9 cm³/mol. The Kier molecular flexibility index (Phi) is 9.00. The van der Waals surface area contributed by atoms with Crippen LogP contribution in [0.1, 0.15) is 0 Å². The van der Waals surface area contributed by atoms with Crippen LogP contribution in [-0.4, -0.2) is 76.9 Å². The van der Waals surface area contributed by atoms with E-state index in [2.05, 4.69) is 13.6 Å². The van der Waals surface area contributed by atoms with Crippen LogP contribution in [0.25, 0.3) is 0 Å². The number of aldehydes is 1. The highest BCUT2D eigenvalue weighted by Gasteiger charge is 2.42. The SMILES string of the molecule is O=C[C@@H](O)[C@H](O)[C@@H](OP(=O)(O)O)[C@H](COP(=O)(O)O)OP(=O)(O)O. The Bertz CT molecular complexity index is 543. The van der Waals surface area contributed by atoms with Gasteiger partial charge in [0, 0.05) is 0 Å². The van der Waals surface area contributed by atoms with Crippen LogP contribution in [0.3, 0.4) is 0 Å². The molecule has 0 rings (SSSR count). The fraction of sp³-hybridized carbons (Fsp3) is 0.833. The molecule has 24 heavy (non-hydrogen) atoms. The van der Waals surface area contributed by atoms with Crippen LogP contribution in [-0.2, 0) is 32.1 Å². The van der Waals surface area contributed by atoms with Gasteiger partial charge in [-0.05, 0) is 0 Å². The van der Waals surface area contributed by atoms with E-state index in [0.29, 0.717) is 0 Å². The normalized spacial score (nSPS) is 18.7. The number of carbonyl (C=O) groups excluding carboxylic acids is 1. The second kappa shape index (κ2) is 9.03. The molecule has 8 N–H and O–H groups in total. The smallest absolute Gasteiger partial charge is 0.387 e. The van der Waals surface area contributed by atoms with Crippen LogP contribution in [0.5, 0.6) is 0 Å². The van der Waals surface area contributed by atoms with Gasteiger partial charge in [-0.1, -0.05) is 0 Å². The number of carbonyl (C=O) groups is 1. The average Bonchev–Trinajstić information content (AvgIpc) is 2.36. The lowest BCUT2D eigenvalue weighted by atomic mass is 10.0. The van der Waals surface area contributed by atoms with Crippen LogP contribution < -0.4 is 0 Å². The average molecular weight is 420 g/mol. The Morgan fingerprint density at radius 2 is 1.29 bits per heavy atom. The summed E-state index contributed by atoms with van der Waals surface area (Å²) < 4.78 is 44.2. The Labute approximate surface area is 133 Å². The molecular formula is C6H15O15P3. The van der Waals surface area contributed by atoms with Gasteiger partial charge in [-0.3, -0.25) is 13.6 Å². The first-order valence-electron chi connectivity index (χ1n) is 5.55. The van der Waals surface area contributed by atoms with E-state index in [-0.39, 0.29) is 6.29 Å². The highest BCUT2D eigenvalue weighted by atomic mass is 31.2. The quantitative estimate of drug-likeness (QED) is 0.122. The summed E-state index contributed by atoms with van der Waals surface area (Å²) in [5.41, 5.74) is 0. The van der Waals surface area contributed by atoms with Crippen LogP contribution in [0.2, 0.25) is 0 Å². The van der Waals surface area contributed by atoms with Gasteiger partial charge < -0.3 is 44.4 Å². The zero-order valence-electron chi connectivity index (χ0n) is 11.4. The van der Waals surface area contributed by atoms with Crippen molar-refractivity contribution in [1.82, 2.24) is 0 Å². The lowest BCUT2D eigenvalue weighted by molar-refractivity contribution is -0.133. The van der Waals surface area contributed by atoms with E-state index >= 15 is 0 Å². The van der Waals surface area contributed by atoms with Crippen molar-refractivity contribution in [2.75, 3.05) is 6.61 Å². The summed E-state index contributed by atoms with van der Waals surface area (Å²) in [4.78, 5) is 62.4. The lowest BCUT2D eigenvalue weighted by Gasteiger charge is -2.31. The van der Waals surface area contributed by atoms with Crippen molar-refractivity contribution in [2.45, 2.75) is 24.4 Å². The van der Waals surface area contributed by atoms with E-state index in [1.165, 1.54) is 0 Å². The molecule has 0 radical (unpaired) electrons. The van der Waals surface area contributed by atoms with Gasteiger partial charge in [0.25, 0.3) is 0 Å². The van der Waals surface area contributed by atoms with E-state index in [9.17, 15) is 28.7 Å². The van der Waals surface area contributed by atoms with Gasteiger partial charge in [0.05, 0.1) is 6.61 Å². The first kappa shape index (κ1) is 23.9. The van der Waals surface area contributed by atoms with E-state index < -0.39 is 54.5 Å². The van der Waals surface area contributed by atoms with Crippen LogP contribution in [0.15, 0.2) is 0 Å². The van der Waals surface area contributed by atoms with E-state index in [1.807, 2.05) is 0 Å². The van der Waals surface area contributed by atoms with Gasteiger partial charge >= 0.3 is 23.5 Å². The number of phosphoric acid groups is 3. The summed E-state index contributed by atoms with van der Waals surface area (Å²) in [5.74, 6) is 0. The topological polar surface area (TPSA) is 258 Å². The molecule has 15 nitrogen and oxygen atoms in total. The third-order valence-electron chi connectivity index (χ3n) is 2.13. The van der Waals surface area contributed by atoms with Gasteiger partial charge in [0.1, 0.15) is 24.4 Å². The zero-order chi connectivity index (χ0) is 19.3. The Hall–Kier alpha value is -0.0800. The van der Waals surface area contributed by atoms with Crippen molar-refractivity contribution in [3.8, 4) is 0 Å². The first-order chi connectivity index (χ1) is 10.6. The number of hydrogen-bond donors (Lipinski definition) is 8. The number of aliphatic hydroxyl groups excluding tert-OH is 2. The van der Waals surface area contributed by atoms with Gasteiger partial charge in [-0.25, -0.2) is 13.7 Å². The number of phosphoric ester groups is 3. The third kappa shape index (κ3) is 10.7. The van der Waals surface area contributed by atoms with Gasteiger partial charge in [0.2, 0.25) is 0 Å². The molecule has 0 saturated carbocycles. The molecule has 4 atom stereocenters. The standard InChI is InChI=1S/C6H15O15P3/c7-1-3(8)5(9)6(21-24(16,17)18)4(20-23(13,14)15)2-19-22(10,11)12/h1,3-6,8-9H,2H2,(H2,10,11,12)(H2,13,14,15)(H2,16,17,18)/t3-,4+,5+,6+/m1/s1. The second-order valence-electron chi connectivity index (χ2n) is 4.10. The largest absolute Gasteiger partial charge is 0.470 e. The van der Waals surface area contributed by atoms with Crippen molar-refractivity contribution >= 4 is 29.8 Å². The Morgan fingerprint density at radius 1 is 0.833 bits per heavy atom. The minimum Gasteiger partial charge on any atom is -0.387 e. The minimum absolute atomic E-state index is 0.306. The molecule has 18 heteroatoms. The molecule has 0 spiro atoms. The van der Waals surface area contributed by atoms with Crippen LogP contribution in [0, 0.1) is 0 Å². The maximum atomic E-state index is 10.9. The zero-order valence-corrected chi connectivity index (χ0v) is 14.1. The molecule has 0 aromatic rings. The summed E-state index contributed by atoms with van der Waals surface area (Å²) in [6.07, 6.45) is -10.1. The number of aliphatic hydroxyl groups is 2. The molecule has 0 unspecified atom stereocenters. The molecule has 0 heterocycles. The highest BCUT2D eigenvalue weighted by Crippen LogP contribution is 2.45. The predicted octanol–water partition coefficient (Wildman–Crippen LogP) is -3.03. The van der Waals surface area contributed by atoms with Crippen LogP contribution >= 0.6 is 23.5 Å². The molecule has 0 saturated heterocycles. The molecule has 0 aliphatic rings. The van der Waals surface area contributed by atoms with Gasteiger partial charge in [-0.15, -0.1) is 0 Å². The molecule has 0 amide bonds. The second-order valence-corrected chi connectivity index (χ2v) is 7.72. The molecule has 0 bridgehead atoms. The molecule has 0 aromatic carbocycles. The maximum absolute atomic E-state index is 10.9. The van der Waals surface area contributed by atoms with E-state index in [1.54, 1.807) is 0 Å². The monoisotopic (exact) mass is 420 g/mol. The maximum Gasteiger partial charge on any atom is 0.470 e. The summed E-state index contributed by atoms with van der Waals surface area (Å²) in [6.45, 7) is -1.44. The minimum atomic E-state index is -5.48. The Balaban J connectivity index is 5.66. The molecule has 0 aromatic heterocycles. The van der Waals surface area contributed by atoms with Crippen molar-refractivity contribution in [1.29, 1.82) is 0 Å². The van der Waals surface area contributed by atoms with E-state index in [0.717, 1.165) is 0 Å². The fourth-order valence-corrected chi connectivity index (χ4v) is 2.77. The molecule has 0 fully saturated rings. The molecular weight excluding hydrogens is 405 g/mol. The van der Waals surface area contributed by atoms with Gasteiger partial charge in [-0.2, -0.15) is 0 Å². The number of rotatable bonds is 11. The van der Waals surface area contributed by atoms with Crippen LogP contribution in [0.4, 0.5) is 0 Å². The third-order valence-corrected chi connectivity index (χ3v) is 3.68. The van der Waals surface area contributed by atoms with Crippen molar-refractivity contribution in [3.05, 3.63) is 0 Å². The van der Waals surface area contributed by atoms with Gasteiger partial charge in [0.15, 0.2) is 6.29 Å². The Morgan fingerprint density at radius 3 is 1.62 bits per heavy atom. The van der Waals surface area contributed by atoms with Crippen molar-refractivity contribution in [2.24, 2.45) is 0 Å². The summed E-state index contributed by atoms with van der Waals surface area (Å²) in [5, 5.41) is 18.8. The summed E-state index contributed by atoms with van der Waals surface area (Å²) >= 11 is 0. The summed E-state index contributed by atoms with van der Waals surface area (Å²) in [7, 11) is -16.2.